The molecule has 1 aromatic heterocycles. The van der Waals surface area contributed by atoms with Crippen LogP contribution in [-0.4, -0.2) is 39.4 Å². The minimum Gasteiger partial charge on any atom is -0.455 e. The number of imide groups is 1. The van der Waals surface area contributed by atoms with Crippen molar-refractivity contribution in [2.24, 2.45) is 5.10 Å². The van der Waals surface area contributed by atoms with Crippen LogP contribution in [-0.2, 0) is 4.79 Å². The quantitative estimate of drug-likeness (QED) is 0.372. The number of nitrogens with one attached hydrogen (secondary N) is 1. The maximum absolute atomic E-state index is 11.4. The second kappa shape index (κ2) is 5.93. The highest BCUT2D eigenvalue weighted by Crippen LogP contribution is 2.24. The largest absolute Gasteiger partial charge is 0.455 e. The summed E-state index contributed by atoms with van der Waals surface area (Å²) in [6, 6.07) is 8.11. The number of amides is 3. The molecular formula is C14H10N4O6. The van der Waals surface area contributed by atoms with Crippen LogP contribution in [0.1, 0.15) is 5.76 Å². The number of aliphatic hydroxyl groups is 1. The van der Waals surface area contributed by atoms with Crippen LogP contribution in [0.5, 0.6) is 0 Å². The summed E-state index contributed by atoms with van der Waals surface area (Å²) in [7, 11) is 0. The smallest absolute Gasteiger partial charge is 0.347 e. The molecule has 122 valence electrons. The lowest BCUT2D eigenvalue weighted by atomic mass is 10.1. The molecule has 1 fully saturated rings. The number of hydrogen-bond donors (Lipinski definition) is 2. The molecule has 1 aliphatic rings. The number of urea groups is 1. The van der Waals surface area contributed by atoms with Crippen molar-refractivity contribution >= 4 is 23.8 Å². The van der Waals surface area contributed by atoms with Gasteiger partial charge >= 0.3 is 6.03 Å². The van der Waals surface area contributed by atoms with E-state index in [0.29, 0.717) is 16.3 Å². The molecule has 10 nitrogen and oxygen atoms in total. The molecule has 1 unspecified atom stereocenters. The van der Waals surface area contributed by atoms with E-state index in [4.69, 9.17) is 4.42 Å². The van der Waals surface area contributed by atoms with E-state index >= 15 is 0 Å². The predicted molar refractivity (Wildman–Crippen MR) is 79.8 cm³/mol. The molecule has 0 spiro atoms. The van der Waals surface area contributed by atoms with Crippen LogP contribution in [0.2, 0.25) is 0 Å². The maximum Gasteiger partial charge on any atom is 0.347 e. The number of hydrogen-bond acceptors (Lipinski definition) is 7. The van der Waals surface area contributed by atoms with Gasteiger partial charge in [-0.3, -0.25) is 20.2 Å². The van der Waals surface area contributed by atoms with E-state index in [1.54, 1.807) is 12.1 Å². The lowest BCUT2D eigenvalue weighted by molar-refractivity contribution is -0.384. The number of nitrogens with zero attached hydrogens (tertiary/aromatic N) is 3. The molecule has 1 aliphatic heterocycles. The third kappa shape index (κ3) is 2.85. The van der Waals surface area contributed by atoms with E-state index in [2.05, 4.69) is 5.10 Å². The fraction of sp³-hybridized carbons (Fsp3) is 0.0714. The topological polar surface area (TPSA) is 138 Å². The van der Waals surface area contributed by atoms with E-state index < -0.39 is 23.1 Å². The molecule has 24 heavy (non-hydrogen) atoms. The summed E-state index contributed by atoms with van der Waals surface area (Å²) in [6.45, 7) is 0. The molecule has 3 amide bonds. The Hall–Kier alpha value is -3.53. The Morgan fingerprint density at radius 1 is 1.25 bits per heavy atom. The van der Waals surface area contributed by atoms with Crippen molar-refractivity contribution < 1.29 is 24.0 Å². The van der Waals surface area contributed by atoms with Crippen molar-refractivity contribution in [2.45, 2.75) is 6.23 Å². The van der Waals surface area contributed by atoms with E-state index in [1.165, 1.54) is 24.3 Å². The van der Waals surface area contributed by atoms with Gasteiger partial charge in [-0.15, -0.1) is 0 Å². The monoisotopic (exact) mass is 330 g/mol. The Bertz CT molecular complexity index is 841. The van der Waals surface area contributed by atoms with E-state index in [0.717, 1.165) is 6.21 Å². The van der Waals surface area contributed by atoms with Crippen molar-refractivity contribution in [3.63, 3.8) is 0 Å². The number of benzene rings is 1. The molecule has 0 radical (unpaired) electrons. The molecule has 1 atom stereocenters. The van der Waals surface area contributed by atoms with Crippen molar-refractivity contribution in [3.8, 4) is 11.3 Å². The number of aliphatic hydroxyl groups excluding tert-OH is 1. The standard InChI is InChI=1S/C14H10N4O6/c19-12-13(20)17(14(21)16-12)15-7-10-5-6-11(24-10)8-1-3-9(4-2-8)18(22)23/h1-7,13,20H,(H,16,19,21)/b15-7+. The third-order valence-electron chi connectivity index (χ3n) is 3.20. The first kappa shape index (κ1) is 15.4. The van der Waals surface area contributed by atoms with Crippen molar-refractivity contribution in [1.29, 1.82) is 0 Å². The summed E-state index contributed by atoms with van der Waals surface area (Å²) < 4.78 is 5.48. The summed E-state index contributed by atoms with van der Waals surface area (Å²) in [5.74, 6) is -0.153. The number of carbonyl (C=O) groups is 2. The van der Waals surface area contributed by atoms with Crippen LogP contribution in [0.3, 0.4) is 0 Å². The Balaban J connectivity index is 1.76. The van der Waals surface area contributed by atoms with Crippen molar-refractivity contribution in [1.82, 2.24) is 10.3 Å². The van der Waals surface area contributed by atoms with Crippen LogP contribution in [0.4, 0.5) is 10.5 Å². The number of non-ortho nitro benzene ring substituents is 1. The first-order valence-corrected chi connectivity index (χ1v) is 6.66. The number of furan rings is 1. The maximum atomic E-state index is 11.4. The van der Waals surface area contributed by atoms with Gasteiger partial charge in [0.15, 0.2) is 0 Å². The second-order valence-corrected chi connectivity index (χ2v) is 4.76. The molecule has 10 heteroatoms. The fourth-order valence-corrected chi connectivity index (χ4v) is 2.01. The molecular weight excluding hydrogens is 320 g/mol. The zero-order valence-electron chi connectivity index (χ0n) is 11.9. The highest BCUT2D eigenvalue weighted by Gasteiger charge is 2.37. The first-order valence-electron chi connectivity index (χ1n) is 6.66. The van der Waals surface area contributed by atoms with Gasteiger partial charge < -0.3 is 9.52 Å². The highest BCUT2D eigenvalue weighted by atomic mass is 16.6. The average molecular weight is 330 g/mol. The predicted octanol–water partition coefficient (Wildman–Crippen LogP) is 1.06. The van der Waals surface area contributed by atoms with Crippen LogP contribution in [0, 0.1) is 10.1 Å². The van der Waals surface area contributed by atoms with Crippen molar-refractivity contribution in [3.05, 3.63) is 52.3 Å². The second-order valence-electron chi connectivity index (χ2n) is 4.76. The van der Waals surface area contributed by atoms with Gasteiger partial charge in [-0.05, 0) is 24.3 Å². The van der Waals surface area contributed by atoms with E-state index in [-0.39, 0.29) is 11.4 Å². The van der Waals surface area contributed by atoms with Crippen LogP contribution in [0.15, 0.2) is 45.9 Å². The zero-order chi connectivity index (χ0) is 17.3. The summed E-state index contributed by atoms with van der Waals surface area (Å²) >= 11 is 0. The molecule has 2 aromatic rings. The Kier molecular flexibility index (Phi) is 3.80. The van der Waals surface area contributed by atoms with Gasteiger partial charge in [0.2, 0.25) is 6.23 Å². The number of rotatable bonds is 4. The van der Waals surface area contributed by atoms with Crippen LogP contribution >= 0.6 is 0 Å². The molecule has 2 N–H and O–H groups in total. The molecule has 0 bridgehead atoms. The average Bonchev–Trinajstić information content (AvgIpc) is 3.12. The summed E-state index contributed by atoms with van der Waals surface area (Å²) in [5, 5.41) is 26.2. The van der Waals surface area contributed by atoms with Gasteiger partial charge in [-0.25, -0.2) is 4.79 Å². The lowest BCUT2D eigenvalue weighted by Crippen LogP contribution is -2.30. The zero-order valence-corrected chi connectivity index (χ0v) is 11.9. The number of hydrazone groups is 1. The Morgan fingerprint density at radius 3 is 2.54 bits per heavy atom. The van der Waals surface area contributed by atoms with Crippen LogP contribution in [0.25, 0.3) is 11.3 Å². The summed E-state index contributed by atoms with van der Waals surface area (Å²) in [5.41, 5.74) is 0.583. The van der Waals surface area contributed by atoms with Crippen molar-refractivity contribution in [2.75, 3.05) is 0 Å². The molecule has 1 saturated heterocycles. The third-order valence-corrected chi connectivity index (χ3v) is 3.20. The van der Waals surface area contributed by atoms with Gasteiger partial charge in [0, 0.05) is 17.7 Å². The van der Waals surface area contributed by atoms with Gasteiger partial charge in [-0.1, -0.05) is 0 Å². The first-order chi connectivity index (χ1) is 11.5. The number of nitro benzene ring substituents is 1. The molecule has 2 heterocycles. The lowest BCUT2D eigenvalue weighted by Gasteiger charge is -2.08. The van der Waals surface area contributed by atoms with Gasteiger partial charge in [0.25, 0.3) is 11.6 Å². The normalized spacial score (nSPS) is 17.5. The minimum atomic E-state index is -1.68. The SMILES string of the molecule is O=C1NC(=O)N(/N=C/c2ccc(-c3ccc([N+](=O)[O-])cc3)o2)C1O. The molecule has 1 aromatic carbocycles. The Morgan fingerprint density at radius 2 is 1.96 bits per heavy atom. The highest BCUT2D eigenvalue weighted by molar-refractivity contribution is 6.03. The van der Waals surface area contributed by atoms with Gasteiger partial charge in [-0.2, -0.15) is 10.1 Å². The summed E-state index contributed by atoms with van der Waals surface area (Å²) in [6.07, 6.45) is -0.520. The molecule has 0 saturated carbocycles. The van der Waals surface area contributed by atoms with Gasteiger partial charge in [0.1, 0.15) is 11.5 Å². The number of carbonyl (C=O) groups excluding carboxylic acids is 2. The van der Waals surface area contributed by atoms with Gasteiger partial charge in [0.05, 0.1) is 11.1 Å². The van der Waals surface area contributed by atoms with E-state index in [9.17, 15) is 24.8 Å². The minimum absolute atomic E-state index is 0.0363. The Labute approximate surface area is 134 Å². The molecule has 0 aliphatic carbocycles. The molecule has 3 rings (SSSR count). The van der Waals surface area contributed by atoms with E-state index in [1.807, 2.05) is 5.32 Å². The summed E-state index contributed by atoms with van der Waals surface area (Å²) in [4.78, 5) is 32.6. The number of nitro groups is 1. The van der Waals surface area contributed by atoms with Crippen LogP contribution < -0.4 is 5.32 Å². The fourth-order valence-electron chi connectivity index (χ4n) is 2.01.